The normalized spacial score (nSPS) is 23.4. The van der Waals surface area contributed by atoms with Gasteiger partial charge in [-0.05, 0) is 13.3 Å². The van der Waals surface area contributed by atoms with Crippen LogP contribution in [0.1, 0.15) is 19.8 Å². The molecular formula is C12H21N3O5. The van der Waals surface area contributed by atoms with Crippen molar-refractivity contribution in [3.8, 4) is 0 Å². The highest BCUT2D eigenvalue weighted by atomic mass is 16.5. The zero-order valence-corrected chi connectivity index (χ0v) is 11.7. The van der Waals surface area contributed by atoms with Crippen LogP contribution in [0.5, 0.6) is 0 Å². The summed E-state index contributed by atoms with van der Waals surface area (Å²) >= 11 is 0. The van der Waals surface area contributed by atoms with Crippen molar-refractivity contribution in [1.29, 1.82) is 0 Å². The van der Waals surface area contributed by atoms with E-state index in [0.717, 1.165) is 0 Å². The molecule has 0 saturated carbocycles. The van der Waals surface area contributed by atoms with Crippen molar-refractivity contribution in [2.24, 2.45) is 11.1 Å². The first-order valence-electron chi connectivity index (χ1n) is 6.37. The van der Waals surface area contributed by atoms with Crippen molar-refractivity contribution < 1.29 is 24.2 Å². The molecule has 8 nitrogen and oxygen atoms in total. The first-order chi connectivity index (χ1) is 9.30. The molecule has 8 heteroatoms. The van der Waals surface area contributed by atoms with Gasteiger partial charge in [0, 0.05) is 33.2 Å². The van der Waals surface area contributed by atoms with Gasteiger partial charge in [0.15, 0.2) is 0 Å². The molecule has 1 aliphatic rings. The Morgan fingerprint density at radius 1 is 1.50 bits per heavy atom. The van der Waals surface area contributed by atoms with E-state index in [1.54, 1.807) is 6.92 Å². The van der Waals surface area contributed by atoms with E-state index in [9.17, 15) is 14.4 Å². The van der Waals surface area contributed by atoms with Crippen LogP contribution in [0.3, 0.4) is 0 Å². The average molecular weight is 287 g/mol. The highest BCUT2D eigenvalue weighted by Crippen LogP contribution is 2.29. The molecule has 4 N–H and O–H groups in total. The van der Waals surface area contributed by atoms with Crippen molar-refractivity contribution in [2.75, 3.05) is 26.8 Å². The molecule has 3 amide bonds. The average Bonchev–Trinajstić information content (AvgIpc) is 2.78. The van der Waals surface area contributed by atoms with Crippen molar-refractivity contribution in [1.82, 2.24) is 10.2 Å². The van der Waals surface area contributed by atoms with Crippen molar-refractivity contribution in [3.05, 3.63) is 0 Å². The maximum atomic E-state index is 12.0. The number of carboxylic acids is 1. The molecule has 1 heterocycles. The summed E-state index contributed by atoms with van der Waals surface area (Å²) in [6, 6.07) is -1.51. The number of nitrogens with two attached hydrogens (primary N) is 1. The number of carboxylic acid groups (broad SMARTS) is 1. The fourth-order valence-corrected chi connectivity index (χ4v) is 2.07. The van der Waals surface area contributed by atoms with E-state index < -0.39 is 29.4 Å². The molecule has 1 saturated heterocycles. The smallest absolute Gasteiger partial charge is 0.326 e. The second-order valence-electron chi connectivity index (χ2n) is 5.22. The van der Waals surface area contributed by atoms with Gasteiger partial charge in [-0.25, -0.2) is 9.59 Å². The molecule has 1 aliphatic heterocycles. The van der Waals surface area contributed by atoms with Gasteiger partial charge in [-0.2, -0.15) is 0 Å². The first kappa shape index (κ1) is 16.2. The molecular weight excluding hydrogens is 266 g/mol. The minimum absolute atomic E-state index is 0.179. The molecule has 1 fully saturated rings. The summed E-state index contributed by atoms with van der Waals surface area (Å²) in [6.45, 7) is 2.51. The Morgan fingerprint density at radius 3 is 2.60 bits per heavy atom. The van der Waals surface area contributed by atoms with E-state index >= 15 is 0 Å². The highest BCUT2D eigenvalue weighted by Gasteiger charge is 2.41. The standard InChI is InChI=1S/C12H21N3O5/c1-12(10(13)18)4-5-15(7-12)11(19)14-8(9(16)17)3-6-20-2/h8H,3-7H2,1-2H3,(H2,13,18)(H,14,19)(H,16,17). The Hall–Kier alpha value is -1.83. The summed E-state index contributed by atoms with van der Waals surface area (Å²) < 4.78 is 4.80. The largest absolute Gasteiger partial charge is 0.480 e. The second kappa shape index (κ2) is 6.56. The van der Waals surface area contributed by atoms with Crippen LogP contribution in [0.25, 0.3) is 0 Å². The summed E-state index contributed by atoms with van der Waals surface area (Å²) in [5, 5.41) is 11.4. The number of methoxy groups -OCH3 is 1. The van der Waals surface area contributed by atoms with Gasteiger partial charge in [0.1, 0.15) is 6.04 Å². The first-order valence-corrected chi connectivity index (χ1v) is 6.37. The maximum Gasteiger partial charge on any atom is 0.326 e. The highest BCUT2D eigenvalue weighted by molar-refractivity contribution is 5.85. The third-order valence-electron chi connectivity index (χ3n) is 3.56. The van der Waals surface area contributed by atoms with Crippen LogP contribution in [0, 0.1) is 5.41 Å². The Balaban J connectivity index is 2.58. The lowest BCUT2D eigenvalue weighted by Gasteiger charge is -2.23. The van der Waals surface area contributed by atoms with Crippen LogP contribution in [-0.4, -0.2) is 60.8 Å². The van der Waals surface area contributed by atoms with Crippen molar-refractivity contribution in [2.45, 2.75) is 25.8 Å². The van der Waals surface area contributed by atoms with Gasteiger partial charge in [0.05, 0.1) is 5.41 Å². The predicted molar refractivity (Wildman–Crippen MR) is 69.9 cm³/mol. The summed E-state index contributed by atoms with van der Waals surface area (Å²) in [7, 11) is 1.46. The summed E-state index contributed by atoms with van der Waals surface area (Å²) in [4.78, 5) is 35.7. The van der Waals surface area contributed by atoms with Gasteiger partial charge in [0.2, 0.25) is 5.91 Å². The van der Waals surface area contributed by atoms with Crippen LogP contribution < -0.4 is 11.1 Å². The zero-order valence-electron chi connectivity index (χ0n) is 11.7. The van der Waals surface area contributed by atoms with Gasteiger partial charge in [0.25, 0.3) is 0 Å². The molecule has 0 radical (unpaired) electrons. The van der Waals surface area contributed by atoms with Gasteiger partial charge >= 0.3 is 12.0 Å². The minimum atomic E-state index is -1.12. The Kier molecular flexibility index (Phi) is 5.32. The molecule has 0 aromatic rings. The molecule has 2 atom stereocenters. The Labute approximate surface area is 117 Å². The number of nitrogens with one attached hydrogen (secondary N) is 1. The van der Waals surface area contributed by atoms with E-state index in [-0.39, 0.29) is 19.6 Å². The lowest BCUT2D eigenvalue weighted by Crippen LogP contribution is -2.48. The molecule has 0 aliphatic carbocycles. The molecule has 0 aromatic heterocycles. The number of hydrogen-bond acceptors (Lipinski definition) is 4. The van der Waals surface area contributed by atoms with Gasteiger partial charge < -0.3 is 25.8 Å². The third-order valence-corrected chi connectivity index (χ3v) is 3.56. The number of aliphatic carboxylic acids is 1. The van der Waals surface area contributed by atoms with Crippen LogP contribution in [0.2, 0.25) is 0 Å². The van der Waals surface area contributed by atoms with Gasteiger partial charge in [-0.1, -0.05) is 0 Å². The molecule has 1 rings (SSSR count). The predicted octanol–water partition coefficient (Wildman–Crippen LogP) is -0.617. The van der Waals surface area contributed by atoms with Crippen LogP contribution >= 0.6 is 0 Å². The molecule has 0 aromatic carbocycles. The van der Waals surface area contributed by atoms with Crippen LogP contribution in [0.4, 0.5) is 4.79 Å². The van der Waals surface area contributed by atoms with Crippen LogP contribution in [-0.2, 0) is 14.3 Å². The number of primary amides is 1. The summed E-state index contributed by atoms with van der Waals surface area (Å²) in [6.07, 6.45) is 0.657. The van der Waals surface area contributed by atoms with Gasteiger partial charge in [-0.15, -0.1) is 0 Å². The molecule has 20 heavy (non-hydrogen) atoms. The fourth-order valence-electron chi connectivity index (χ4n) is 2.07. The number of nitrogens with zero attached hydrogens (tertiary/aromatic N) is 1. The lowest BCUT2D eigenvalue weighted by atomic mass is 9.89. The number of amides is 3. The molecule has 0 bridgehead atoms. The number of likely N-dealkylation sites (tertiary alicyclic amines) is 1. The van der Waals surface area contributed by atoms with E-state index in [0.29, 0.717) is 13.0 Å². The number of carbonyl (C=O) groups excluding carboxylic acids is 2. The Morgan fingerprint density at radius 2 is 2.15 bits per heavy atom. The summed E-state index contributed by atoms with van der Waals surface area (Å²) in [5.41, 5.74) is 4.55. The summed E-state index contributed by atoms with van der Waals surface area (Å²) in [5.74, 6) is -1.57. The monoisotopic (exact) mass is 287 g/mol. The van der Waals surface area contributed by atoms with E-state index in [1.165, 1.54) is 12.0 Å². The van der Waals surface area contributed by atoms with Crippen molar-refractivity contribution >= 4 is 17.9 Å². The topological polar surface area (TPSA) is 122 Å². The molecule has 2 unspecified atom stereocenters. The number of rotatable bonds is 6. The van der Waals surface area contributed by atoms with Crippen LogP contribution in [0.15, 0.2) is 0 Å². The van der Waals surface area contributed by atoms with E-state index in [2.05, 4.69) is 5.32 Å². The SMILES string of the molecule is COCCC(NC(=O)N1CCC(C)(C(N)=O)C1)C(=O)O. The number of hydrogen-bond donors (Lipinski definition) is 3. The van der Waals surface area contributed by atoms with E-state index in [4.69, 9.17) is 15.6 Å². The fraction of sp³-hybridized carbons (Fsp3) is 0.750. The number of ether oxygens (including phenoxy) is 1. The van der Waals surface area contributed by atoms with E-state index in [1.807, 2.05) is 0 Å². The molecule has 0 spiro atoms. The third kappa shape index (κ3) is 3.83. The number of urea groups is 1. The lowest BCUT2D eigenvalue weighted by molar-refractivity contribution is -0.139. The van der Waals surface area contributed by atoms with Gasteiger partial charge in [-0.3, -0.25) is 4.79 Å². The number of carbonyl (C=O) groups is 3. The Bertz CT molecular complexity index is 401. The quantitative estimate of drug-likeness (QED) is 0.601. The minimum Gasteiger partial charge on any atom is -0.480 e. The second-order valence-corrected chi connectivity index (χ2v) is 5.22. The maximum absolute atomic E-state index is 12.0. The zero-order chi connectivity index (χ0) is 15.3. The molecule has 114 valence electrons. The van der Waals surface area contributed by atoms with Crippen molar-refractivity contribution in [3.63, 3.8) is 0 Å².